The van der Waals surface area contributed by atoms with Gasteiger partial charge in [0.15, 0.2) is 11.6 Å². The number of aliphatic hydroxyl groups is 1. The lowest BCUT2D eigenvalue weighted by Gasteiger charge is -2.25. The van der Waals surface area contributed by atoms with Crippen molar-refractivity contribution < 1.29 is 28.2 Å². The van der Waals surface area contributed by atoms with Crippen LogP contribution in [0, 0.1) is 18.6 Å². The first kappa shape index (κ1) is 22.1. The first-order valence-corrected chi connectivity index (χ1v) is 10.2. The molecule has 0 radical (unpaired) electrons. The molecule has 1 amide bonds. The zero-order valence-corrected chi connectivity index (χ0v) is 17.9. The number of ether oxygens (including phenoxy) is 1. The highest BCUT2D eigenvalue weighted by Gasteiger charge is 2.47. The van der Waals surface area contributed by atoms with Gasteiger partial charge in [0, 0.05) is 29.7 Å². The maximum absolute atomic E-state index is 14.0. The van der Waals surface area contributed by atoms with Crippen molar-refractivity contribution in [3.63, 3.8) is 0 Å². The van der Waals surface area contributed by atoms with E-state index in [1.54, 1.807) is 37.3 Å². The Bertz CT molecular complexity index is 1270. The van der Waals surface area contributed by atoms with Gasteiger partial charge in [0.05, 0.1) is 18.2 Å². The molecule has 3 aromatic rings. The van der Waals surface area contributed by atoms with Gasteiger partial charge in [0.25, 0.3) is 11.7 Å². The monoisotopic (exact) mass is 450 g/mol. The summed E-state index contributed by atoms with van der Waals surface area (Å²) in [6, 6.07) is 9.96. The minimum atomic E-state index is -1.17. The average Bonchev–Trinajstić information content (AvgIpc) is 3.08. The van der Waals surface area contributed by atoms with Crippen LogP contribution in [0.15, 0.2) is 66.5 Å². The number of Topliss-reactive ketones (excluding diaryl/α,β-unsaturated/α-hetero) is 1. The van der Waals surface area contributed by atoms with Gasteiger partial charge in [-0.15, -0.1) is 0 Å². The summed E-state index contributed by atoms with van der Waals surface area (Å²) in [4.78, 5) is 31.2. The molecule has 168 valence electrons. The van der Waals surface area contributed by atoms with Gasteiger partial charge < -0.3 is 9.84 Å². The summed E-state index contributed by atoms with van der Waals surface area (Å²) in [5, 5.41) is 11.1. The van der Waals surface area contributed by atoms with Crippen LogP contribution in [0.3, 0.4) is 0 Å². The maximum atomic E-state index is 14.0. The molecule has 8 heteroatoms. The smallest absolute Gasteiger partial charge is 0.300 e. The van der Waals surface area contributed by atoms with Gasteiger partial charge in [-0.2, -0.15) is 0 Å². The number of amides is 1. The third-order valence-electron chi connectivity index (χ3n) is 5.37. The van der Waals surface area contributed by atoms with E-state index in [2.05, 4.69) is 4.98 Å². The SMILES string of the molecule is CCOc1ccc(/C(O)=C2\C(=O)C(=O)N(c3ccc(F)c(F)c3)C2c2cccnc2)cc1C. The van der Waals surface area contributed by atoms with E-state index in [0.717, 1.165) is 22.6 Å². The molecule has 1 N–H and O–H groups in total. The number of hydrogen-bond donors (Lipinski definition) is 1. The van der Waals surface area contributed by atoms with Crippen molar-refractivity contribution >= 4 is 23.1 Å². The van der Waals surface area contributed by atoms with Crippen LogP contribution in [0.25, 0.3) is 5.76 Å². The van der Waals surface area contributed by atoms with E-state index in [-0.39, 0.29) is 11.3 Å². The van der Waals surface area contributed by atoms with Crippen molar-refractivity contribution in [3.05, 3.63) is 94.8 Å². The second-order valence-corrected chi connectivity index (χ2v) is 7.47. The summed E-state index contributed by atoms with van der Waals surface area (Å²) in [5.41, 5.74) is 1.26. The highest BCUT2D eigenvalue weighted by atomic mass is 19.2. The third kappa shape index (κ3) is 3.95. The Kier molecular flexibility index (Phi) is 5.91. The Morgan fingerprint density at radius 1 is 1.12 bits per heavy atom. The lowest BCUT2D eigenvalue weighted by molar-refractivity contribution is -0.132. The fourth-order valence-electron chi connectivity index (χ4n) is 3.86. The summed E-state index contributed by atoms with van der Waals surface area (Å²) in [5.74, 6) is -3.94. The van der Waals surface area contributed by atoms with E-state index in [0.29, 0.717) is 23.5 Å². The highest BCUT2D eigenvalue weighted by Crippen LogP contribution is 2.42. The van der Waals surface area contributed by atoms with Gasteiger partial charge in [-0.05, 0) is 61.4 Å². The van der Waals surface area contributed by atoms with Crippen molar-refractivity contribution in [1.29, 1.82) is 0 Å². The molecule has 1 fully saturated rings. The summed E-state index contributed by atoms with van der Waals surface area (Å²) < 4.78 is 33.0. The first-order chi connectivity index (χ1) is 15.8. The van der Waals surface area contributed by atoms with Crippen LogP contribution in [-0.4, -0.2) is 28.4 Å². The number of ketones is 1. The lowest BCUT2D eigenvalue weighted by atomic mass is 9.95. The third-order valence-corrected chi connectivity index (χ3v) is 5.37. The van der Waals surface area contributed by atoms with Gasteiger partial charge in [0.2, 0.25) is 0 Å². The minimum Gasteiger partial charge on any atom is -0.507 e. The normalized spacial score (nSPS) is 17.5. The standard InChI is InChI=1S/C25H20F2N2O4/c1-3-33-20-9-6-15(11-14(20)2)23(30)21-22(16-5-4-10-28-13-16)29(25(32)24(21)31)17-7-8-18(26)19(27)12-17/h4-13,22,30H,3H2,1-2H3/b23-21+. The number of halogens is 2. The summed E-state index contributed by atoms with van der Waals surface area (Å²) in [6.45, 7) is 4.10. The number of aliphatic hydroxyl groups excluding tert-OH is 1. The first-order valence-electron chi connectivity index (χ1n) is 10.2. The fraction of sp³-hybridized carbons (Fsp3) is 0.160. The molecular weight excluding hydrogens is 430 g/mol. The molecule has 6 nitrogen and oxygen atoms in total. The molecule has 0 spiro atoms. The van der Waals surface area contributed by atoms with Crippen molar-refractivity contribution in [2.45, 2.75) is 19.9 Å². The number of carbonyl (C=O) groups is 2. The second kappa shape index (κ2) is 8.82. The topological polar surface area (TPSA) is 79.7 Å². The van der Waals surface area contributed by atoms with E-state index in [9.17, 15) is 23.5 Å². The van der Waals surface area contributed by atoms with Gasteiger partial charge in [-0.1, -0.05) is 6.07 Å². The predicted octanol–water partition coefficient (Wildman–Crippen LogP) is 4.69. The number of rotatable bonds is 5. The van der Waals surface area contributed by atoms with Crippen LogP contribution < -0.4 is 9.64 Å². The molecule has 0 saturated carbocycles. The lowest BCUT2D eigenvalue weighted by Crippen LogP contribution is -2.29. The van der Waals surface area contributed by atoms with Crippen LogP contribution in [0.5, 0.6) is 5.75 Å². The zero-order chi connectivity index (χ0) is 23.7. The van der Waals surface area contributed by atoms with Crippen LogP contribution in [0.4, 0.5) is 14.5 Å². The van der Waals surface area contributed by atoms with Gasteiger partial charge in [-0.25, -0.2) is 8.78 Å². The van der Waals surface area contributed by atoms with Gasteiger partial charge >= 0.3 is 0 Å². The van der Waals surface area contributed by atoms with Crippen molar-refractivity contribution in [3.8, 4) is 5.75 Å². The van der Waals surface area contributed by atoms with Crippen LogP contribution in [0.2, 0.25) is 0 Å². The van der Waals surface area contributed by atoms with Gasteiger partial charge in [0.1, 0.15) is 11.5 Å². The molecule has 0 bridgehead atoms. The van der Waals surface area contributed by atoms with Crippen LogP contribution in [-0.2, 0) is 9.59 Å². The van der Waals surface area contributed by atoms with E-state index in [1.165, 1.54) is 18.5 Å². The Hall–Kier alpha value is -4.07. The number of aryl methyl sites for hydroxylation is 1. The average molecular weight is 450 g/mol. The molecule has 1 saturated heterocycles. The Morgan fingerprint density at radius 2 is 1.91 bits per heavy atom. The summed E-state index contributed by atoms with van der Waals surface area (Å²) in [7, 11) is 0. The zero-order valence-electron chi connectivity index (χ0n) is 17.9. The van der Waals surface area contributed by atoms with Crippen LogP contribution in [0.1, 0.15) is 29.7 Å². The fourth-order valence-corrected chi connectivity index (χ4v) is 3.86. The van der Waals surface area contributed by atoms with Crippen molar-refractivity contribution in [2.75, 3.05) is 11.5 Å². The largest absolute Gasteiger partial charge is 0.507 e. The van der Waals surface area contributed by atoms with E-state index < -0.39 is 35.1 Å². The molecule has 1 unspecified atom stereocenters. The molecule has 1 aliphatic heterocycles. The molecule has 1 atom stereocenters. The molecule has 4 rings (SSSR count). The molecule has 2 heterocycles. The Balaban J connectivity index is 1.91. The number of anilines is 1. The van der Waals surface area contributed by atoms with Crippen molar-refractivity contribution in [1.82, 2.24) is 4.98 Å². The summed E-state index contributed by atoms with van der Waals surface area (Å²) in [6.07, 6.45) is 2.96. The molecule has 0 aliphatic carbocycles. The molecule has 33 heavy (non-hydrogen) atoms. The number of benzene rings is 2. The summed E-state index contributed by atoms with van der Waals surface area (Å²) >= 11 is 0. The highest BCUT2D eigenvalue weighted by molar-refractivity contribution is 6.51. The van der Waals surface area contributed by atoms with Gasteiger partial charge in [-0.3, -0.25) is 19.5 Å². The quantitative estimate of drug-likeness (QED) is 0.347. The Labute approximate surface area is 188 Å². The number of nitrogens with zero attached hydrogens (tertiary/aromatic N) is 2. The minimum absolute atomic E-state index is 0.0215. The molecule has 1 aliphatic rings. The number of hydrogen-bond acceptors (Lipinski definition) is 5. The number of aromatic nitrogens is 1. The second-order valence-electron chi connectivity index (χ2n) is 7.47. The van der Waals surface area contributed by atoms with Crippen LogP contribution >= 0.6 is 0 Å². The maximum Gasteiger partial charge on any atom is 0.300 e. The Morgan fingerprint density at radius 3 is 2.55 bits per heavy atom. The molecule has 1 aromatic heterocycles. The number of carbonyl (C=O) groups excluding carboxylic acids is 2. The molecular formula is C25H20F2N2O4. The van der Waals surface area contributed by atoms with E-state index in [1.807, 2.05) is 6.92 Å². The number of pyridine rings is 1. The van der Waals surface area contributed by atoms with E-state index in [4.69, 9.17) is 4.74 Å². The molecule has 2 aromatic carbocycles. The van der Waals surface area contributed by atoms with Crippen molar-refractivity contribution in [2.24, 2.45) is 0 Å². The predicted molar refractivity (Wildman–Crippen MR) is 118 cm³/mol. The van der Waals surface area contributed by atoms with E-state index >= 15 is 0 Å².